The van der Waals surface area contributed by atoms with Gasteiger partial charge in [0, 0.05) is 35.5 Å². The Balaban J connectivity index is 1.23. The zero-order valence-corrected chi connectivity index (χ0v) is 17.9. The number of anilines is 1. The molecule has 2 amide bonds. The highest BCUT2D eigenvalue weighted by molar-refractivity contribution is 7.14. The SMILES string of the molecule is O=C(Nc1nc(-c2ccc3c(c2)OCO3)cs1)C1CC(=O)N(Cc2ccccc2Cl)C1. The van der Waals surface area contributed by atoms with E-state index in [2.05, 4.69) is 10.3 Å². The molecular formula is C22H18ClN3O4S. The number of likely N-dealkylation sites (tertiary alicyclic amines) is 1. The van der Waals surface area contributed by atoms with Gasteiger partial charge < -0.3 is 19.7 Å². The number of carbonyl (C=O) groups is 2. The van der Waals surface area contributed by atoms with Crippen molar-refractivity contribution in [2.24, 2.45) is 5.92 Å². The fraction of sp³-hybridized carbons (Fsp3) is 0.227. The second kappa shape index (κ2) is 8.20. The number of thiazole rings is 1. The van der Waals surface area contributed by atoms with Crippen LogP contribution in [0.4, 0.5) is 5.13 Å². The zero-order valence-electron chi connectivity index (χ0n) is 16.3. The minimum atomic E-state index is -0.423. The van der Waals surface area contributed by atoms with Crippen molar-refractivity contribution in [3.63, 3.8) is 0 Å². The van der Waals surface area contributed by atoms with Crippen LogP contribution in [0.25, 0.3) is 11.3 Å². The zero-order chi connectivity index (χ0) is 21.4. The Morgan fingerprint density at radius 1 is 1.23 bits per heavy atom. The largest absolute Gasteiger partial charge is 0.454 e. The summed E-state index contributed by atoms with van der Waals surface area (Å²) in [5, 5.41) is 5.83. The lowest BCUT2D eigenvalue weighted by Crippen LogP contribution is -2.28. The third-order valence-corrected chi connectivity index (χ3v) is 6.43. The molecular weight excluding hydrogens is 438 g/mol. The van der Waals surface area contributed by atoms with Gasteiger partial charge in [-0.05, 0) is 29.8 Å². The van der Waals surface area contributed by atoms with Crippen LogP contribution in [0.15, 0.2) is 47.8 Å². The summed E-state index contributed by atoms with van der Waals surface area (Å²) < 4.78 is 10.7. The van der Waals surface area contributed by atoms with Crippen LogP contribution in [-0.4, -0.2) is 35.0 Å². The third kappa shape index (κ3) is 4.08. The molecule has 1 N–H and O–H groups in total. The quantitative estimate of drug-likeness (QED) is 0.624. The van der Waals surface area contributed by atoms with E-state index in [4.69, 9.17) is 21.1 Å². The molecule has 0 aliphatic carbocycles. The monoisotopic (exact) mass is 455 g/mol. The van der Waals surface area contributed by atoms with E-state index in [1.807, 2.05) is 41.8 Å². The van der Waals surface area contributed by atoms with Crippen molar-refractivity contribution >= 4 is 39.9 Å². The number of halogens is 1. The van der Waals surface area contributed by atoms with E-state index in [-0.39, 0.29) is 25.0 Å². The van der Waals surface area contributed by atoms with Gasteiger partial charge in [-0.3, -0.25) is 9.59 Å². The first-order valence-electron chi connectivity index (χ1n) is 9.74. The molecule has 31 heavy (non-hydrogen) atoms. The third-order valence-electron chi connectivity index (χ3n) is 5.31. The molecule has 2 aliphatic heterocycles. The first-order valence-corrected chi connectivity index (χ1v) is 11.0. The molecule has 0 saturated carbocycles. The maximum Gasteiger partial charge on any atom is 0.231 e. The number of aromatic nitrogens is 1. The van der Waals surface area contributed by atoms with Crippen molar-refractivity contribution in [2.45, 2.75) is 13.0 Å². The van der Waals surface area contributed by atoms with E-state index < -0.39 is 5.92 Å². The molecule has 7 nitrogen and oxygen atoms in total. The van der Waals surface area contributed by atoms with Crippen LogP contribution in [0, 0.1) is 5.92 Å². The minimum absolute atomic E-state index is 0.0553. The average Bonchev–Trinajstić information content (AvgIpc) is 3.49. The van der Waals surface area contributed by atoms with Crippen LogP contribution in [0.2, 0.25) is 5.02 Å². The second-order valence-corrected chi connectivity index (χ2v) is 8.63. The summed E-state index contributed by atoms with van der Waals surface area (Å²) in [6.45, 7) is 0.967. The molecule has 0 spiro atoms. The molecule has 2 aromatic carbocycles. The number of benzene rings is 2. The predicted octanol–water partition coefficient (Wildman–Crippen LogP) is 4.18. The summed E-state index contributed by atoms with van der Waals surface area (Å²) in [6, 6.07) is 13.0. The second-order valence-electron chi connectivity index (χ2n) is 7.36. The normalized spacial score (nSPS) is 17.3. The van der Waals surface area contributed by atoms with Gasteiger partial charge in [0.2, 0.25) is 18.6 Å². The van der Waals surface area contributed by atoms with E-state index in [1.165, 1.54) is 11.3 Å². The lowest BCUT2D eigenvalue weighted by Gasteiger charge is -2.17. The van der Waals surface area contributed by atoms with Gasteiger partial charge in [0.25, 0.3) is 0 Å². The highest BCUT2D eigenvalue weighted by Crippen LogP contribution is 2.36. The molecule has 1 saturated heterocycles. The fourth-order valence-corrected chi connectivity index (χ4v) is 4.58. The maximum absolute atomic E-state index is 12.7. The van der Waals surface area contributed by atoms with E-state index in [9.17, 15) is 9.59 Å². The van der Waals surface area contributed by atoms with Gasteiger partial charge in [0.05, 0.1) is 11.6 Å². The molecule has 1 aromatic heterocycles. The average molecular weight is 456 g/mol. The lowest BCUT2D eigenvalue weighted by atomic mass is 10.1. The van der Waals surface area contributed by atoms with Gasteiger partial charge in [-0.25, -0.2) is 4.98 Å². The number of ether oxygens (including phenoxy) is 2. The Hall–Kier alpha value is -3.10. The number of hydrogen-bond acceptors (Lipinski definition) is 6. The Morgan fingerprint density at radius 2 is 2.06 bits per heavy atom. The van der Waals surface area contributed by atoms with E-state index in [0.29, 0.717) is 34.7 Å². The summed E-state index contributed by atoms with van der Waals surface area (Å²) in [5.74, 6) is 0.702. The Morgan fingerprint density at radius 3 is 2.94 bits per heavy atom. The molecule has 1 atom stereocenters. The van der Waals surface area contributed by atoms with Crippen molar-refractivity contribution in [1.82, 2.24) is 9.88 Å². The minimum Gasteiger partial charge on any atom is -0.454 e. The van der Waals surface area contributed by atoms with Crippen LogP contribution >= 0.6 is 22.9 Å². The van der Waals surface area contributed by atoms with Crippen LogP contribution in [-0.2, 0) is 16.1 Å². The topological polar surface area (TPSA) is 80.8 Å². The first kappa shape index (κ1) is 19.8. The van der Waals surface area contributed by atoms with Crippen LogP contribution in [0.1, 0.15) is 12.0 Å². The number of hydrogen-bond donors (Lipinski definition) is 1. The highest BCUT2D eigenvalue weighted by atomic mass is 35.5. The molecule has 5 rings (SSSR count). The first-order chi connectivity index (χ1) is 15.1. The van der Waals surface area contributed by atoms with Gasteiger partial charge in [0.1, 0.15) is 0 Å². The maximum atomic E-state index is 12.7. The summed E-state index contributed by atoms with van der Waals surface area (Å²) in [5.41, 5.74) is 2.48. The van der Waals surface area contributed by atoms with Crippen molar-refractivity contribution in [1.29, 1.82) is 0 Å². The lowest BCUT2D eigenvalue weighted by molar-refractivity contribution is -0.128. The molecule has 9 heteroatoms. The number of rotatable bonds is 5. The van der Waals surface area contributed by atoms with Gasteiger partial charge in [0.15, 0.2) is 16.6 Å². The number of fused-ring (bicyclic) bond motifs is 1. The van der Waals surface area contributed by atoms with E-state index in [0.717, 1.165) is 16.8 Å². The predicted molar refractivity (Wildman–Crippen MR) is 117 cm³/mol. The van der Waals surface area contributed by atoms with Gasteiger partial charge in [-0.2, -0.15) is 0 Å². The highest BCUT2D eigenvalue weighted by Gasteiger charge is 2.34. The van der Waals surface area contributed by atoms with Crippen molar-refractivity contribution in [3.8, 4) is 22.8 Å². The molecule has 1 unspecified atom stereocenters. The smallest absolute Gasteiger partial charge is 0.231 e. The Bertz CT molecular complexity index is 1170. The number of nitrogens with one attached hydrogen (secondary N) is 1. The van der Waals surface area contributed by atoms with Crippen molar-refractivity contribution in [2.75, 3.05) is 18.7 Å². The Labute approximate surface area is 187 Å². The molecule has 2 aliphatic rings. The molecule has 3 heterocycles. The molecule has 0 radical (unpaired) electrons. The summed E-state index contributed by atoms with van der Waals surface area (Å²) in [4.78, 5) is 31.3. The van der Waals surface area contributed by atoms with E-state index >= 15 is 0 Å². The fourth-order valence-electron chi connectivity index (χ4n) is 3.66. The van der Waals surface area contributed by atoms with Gasteiger partial charge in [-0.15, -0.1) is 11.3 Å². The number of amides is 2. The van der Waals surface area contributed by atoms with E-state index in [1.54, 1.807) is 11.0 Å². The van der Waals surface area contributed by atoms with Gasteiger partial charge in [-0.1, -0.05) is 29.8 Å². The standard InChI is InChI=1S/C22H18ClN3O4S/c23-16-4-2-1-3-14(16)9-26-10-15(8-20(26)27)21(28)25-22-24-17(11-31-22)13-5-6-18-19(7-13)30-12-29-18/h1-7,11,15H,8-10,12H2,(H,24,25,28). The molecule has 3 aromatic rings. The summed E-state index contributed by atoms with van der Waals surface area (Å²) in [6.07, 6.45) is 0.177. The van der Waals surface area contributed by atoms with Crippen molar-refractivity contribution < 1.29 is 19.1 Å². The Kier molecular flexibility index (Phi) is 5.25. The summed E-state index contributed by atoms with van der Waals surface area (Å²) in [7, 11) is 0. The van der Waals surface area contributed by atoms with Crippen LogP contribution in [0.5, 0.6) is 11.5 Å². The molecule has 1 fully saturated rings. The summed E-state index contributed by atoms with van der Waals surface area (Å²) >= 11 is 7.54. The number of carbonyl (C=O) groups excluding carboxylic acids is 2. The molecule has 0 bridgehead atoms. The van der Waals surface area contributed by atoms with Crippen LogP contribution in [0.3, 0.4) is 0 Å². The van der Waals surface area contributed by atoms with Crippen molar-refractivity contribution in [3.05, 3.63) is 58.4 Å². The van der Waals surface area contributed by atoms with Gasteiger partial charge >= 0.3 is 0 Å². The molecule has 158 valence electrons. The number of nitrogens with zero attached hydrogens (tertiary/aromatic N) is 2. The van der Waals surface area contributed by atoms with Crippen LogP contribution < -0.4 is 14.8 Å².